The lowest BCUT2D eigenvalue weighted by Gasteiger charge is -1.91. The van der Waals surface area contributed by atoms with Crippen LogP contribution in [0.15, 0.2) is 24.8 Å². The zero-order valence-corrected chi connectivity index (χ0v) is 9.63. The van der Waals surface area contributed by atoms with Gasteiger partial charge in [-0.15, -0.1) is 10.2 Å². The molecule has 0 unspecified atom stereocenters. The summed E-state index contributed by atoms with van der Waals surface area (Å²) >= 11 is 0. The minimum atomic E-state index is 0.766. The average molecular weight is 229 g/mol. The van der Waals surface area contributed by atoms with Crippen molar-refractivity contribution in [3.8, 4) is 0 Å². The van der Waals surface area contributed by atoms with Crippen LogP contribution in [0, 0.1) is 0 Å². The van der Waals surface area contributed by atoms with Crippen LogP contribution < -0.4 is 0 Å². The first-order chi connectivity index (χ1) is 8.45. The van der Waals surface area contributed by atoms with Crippen LogP contribution in [0.2, 0.25) is 0 Å². The molecule has 0 spiro atoms. The minimum absolute atomic E-state index is 0.766. The summed E-state index contributed by atoms with van der Waals surface area (Å²) in [4.78, 5) is 7.18. The zero-order valence-electron chi connectivity index (χ0n) is 9.63. The van der Waals surface area contributed by atoms with E-state index in [-0.39, 0.29) is 0 Å². The van der Waals surface area contributed by atoms with Crippen molar-refractivity contribution >= 4 is 16.8 Å². The fraction of sp³-hybridized carbons (Fsp3) is 0.417. The number of hydrogen-bond donors (Lipinski definition) is 1. The number of aromatic amines is 1. The van der Waals surface area contributed by atoms with Crippen molar-refractivity contribution in [3.05, 3.63) is 24.8 Å². The van der Waals surface area contributed by atoms with Crippen LogP contribution in [-0.2, 0) is 0 Å². The Morgan fingerprint density at radius 2 is 1.88 bits per heavy atom. The van der Waals surface area contributed by atoms with Gasteiger partial charge in [-0.2, -0.15) is 0 Å². The van der Waals surface area contributed by atoms with Crippen LogP contribution in [0.4, 0.5) is 0 Å². The summed E-state index contributed by atoms with van der Waals surface area (Å²) in [5.41, 5.74) is 2.61. The molecule has 4 rings (SSSR count). The normalized spacial score (nSPS) is 15.1. The zero-order chi connectivity index (χ0) is 11.5. The molecule has 1 aliphatic rings. The predicted molar refractivity (Wildman–Crippen MR) is 65.7 cm³/mol. The van der Waals surface area contributed by atoms with E-state index in [1.165, 1.54) is 32.1 Å². The first kappa shape index (κ1) is 10.3. The van der Waals surface area contributed by atoms with Gasteiger partial charge in [0.2, 0.25) is 0 Å². The summed E-state index contributed by atoms with van der Waals surface area (Å²) in [6.07, 6.45) is 12.7. The summed E-state index contributed by atoms with van der Waals surface area (Å²) in [5.74, 6) is 0. The Kier molecular flexibility index (Phi) is 2.73. The van der Waals surface area contributed by atoms with E-state index in [0.29, 0.717) is 0 Å². The Morgan fingerprint density at radius 3 is 2.65 bits per heavy atom. The molecule has 17 heavy (non-hydrogen) atoms. The van der Waals surface area contributed by atoms with Crippen molar-refractivity contribution in [2.75, 3.05) is 0 Å². The Morgan fingerprint density at radius 1 is 1.12 bits per heavy atom. The second-order valence-corrected chi connectivity index (χ2v) is 4.30. The lowest BCUT2D eigenvalue weighted by Crippen LogP contribution is -1.86. The number of aromatic nitrogens is 5. The Balaban J connectivity index is 0.000000153. The summed E-state index contributed by atoms with van der Waals surface area (Å²) in [6, 6.07) is 1.94. The van der Waals surface area contributed by atoms with Gasteiger partial charge >= 0.3 is 0 Å². The van der Waals surface area contributed by atoms with Crippen molar-refractivity contribution in [3.63, 3.8) is 0 Å². The molecule has 0 bridgehead atoms. The van der Waals surface area contributed by atoms with E-state index >= 15 is 0 Å². The first-order valence-corrected chi connectivity index (χ1v) is 6.07. The Bertz CT molecular complexity index is 548. The smallest absolute Gasteiger partial charge is 0.179 e. The van der Waals surface area contributed by atoms with E-state index in [1.54, 1.807) is 12.5 Å². The van der Waals surface area contributed by atoms with Gasteiger partial charge in [-0.25, -0.2) is 4.98 Å². The molecule has 1 aliphatic carbocycles. The third-order valence-electron chi connectivity index (χ3n) is 3.10. The van der Waals surface area contributed by atoms with Gasteiger partial charge in [0.05, 0.1) is 11.7 Å². The van der Waals surface area contributed by atoms with Crippen LogP contribution in [0.3, 0.4) is 0 Å². The van der Waals surface area contributed by atoms with Gasteiger partial charge in [0, 0.05) is 6.20 Å². The number of rotatable bonds is 0. The average Bonchev–Trinajstić information content (AvgIpc) is 3.12. The monoisotopic (exact) mass is 229 g/mol. The summed E-state index contributed by atoms with van der Waals surface area (Å²) in [7, 11) is 0. The van der Waals surface area contributed by atoms with Crippen LogP contribution in [0.1, 0.15) is 32.1 Å². The minimum Gasteiger partial charge on any atom is -0.345 e. The molecule has 0 saturated heterocycles. The van der Waals surface area contributed by atoms with E-state index in [1.807, 2.05) is 16.7 Å². The topological polar surface area (TPSA) is 58.9 Å². The predicted octanol–water partition coefficient (Wildman–Crippen LogP) is 2.56. The maximum atomic E-state index is 4.16. The van der Waals surface area contributed by atoms with E-state index in [2.05, 4.69) is 20.2 Å². The third-order valence-corrected chi connectivity index (χ3v) is 3.10. The van der Waals surface area contributed by atoms with Crippen LogP contribution in [0.25, 0.3) is 16.8 Å². The maximum absolute atomic E-state index is 4.16. The van der Waals surface area contributed by atoms with Crippen LogP contribution >= 0.6 is 0 Å². The molecular formula is C12H15N5. The SMILES string of the molecule is C1CCCC1.c1cc2c(ncc3nncn32)[nH]1. The highest BCUT2D eigenvalue weighted by Gasteiger charge is 2.01. The fourth-order valence-corrected chi connectivity index (χ4v) is 2.17. The maximum Gasteiger partial charge on any atom is 0.179 e. The molecule has 1 N–H and O–H groups in total. The lowest BCUT2D eigenvalue weighted by molar-refractivity contribution is 0.886. The highest BCUT2D eigenvalue weighted by molar-refractivity contribution is 5.73. The number of nitrogens with one attached hydrogen (secondary N) is 1. The van der Waals surface area contributed by atoms with Crippen molar-refractivity contribution < 1.29 is 0 Å². The number of fused-ring (bicyclic) bond motifs is 3. The Labute approximate surface area is 98.9 Å². The number of H-pyrrole nitrogens is 1. The lowest BCUT2D eigenvalue weighted by atomic mass is 10.4. The van der Waals surface area contributed by atoms with Crippen LogP contribution in [0.5, 0.6) is 0 Å². The van der Waals surface area contributed by atoms with Gasteiger partial charge in [-0.1, -0.05) is 32.1 Å². The molecule has 0 amide bonds. The molecule has 3 aromatic rings. The highest BCUT2D eigenvalue weighted by Crippen LogP contribution is 2.15. The molecule has 5 heteroatoms. The van der Waals surface area contributed by atoms with Gasteiger partial charge < -0.3 is 4.98 Å². The second kappa shape index (κ2) is 4.53. The Hall–Kier alpha value is -1.91. The molecule has 1 saturated carbocycles. The molecule has 3 aromatic heterocycles. The quantitative estimate of drug-likeness (QED) is 0.644. The largest absolute Gasteiger partial charge is 0.345 e. The van der Waals surface area contributed by atoms with Gasteiger partial charge in [0.25, 0.3) is 0 Å². The first-order valence-electron chi connectivity index (χ1n) is 6.07. The van der Waals surface area contributed by atoms with Crippen molar-refractivity contribution in [2.24, 2.45) is 0 Å². The second-order valence-electron chi connectivity index (χ2n) is 4.30. The summed E-state index contributed by atoms with van der Waals surface area (Å²) in [6.45, 7) is 0. The van der Waals surface area contributed by atoms with E-state index in [0.717, 1.165) is 16.8 Å². The highest BCUT2D eigenvalue weighted by atomic mass is 15.2. The number of nitrogens with zero attached hydrogens (tertiary/aromatic N) is 4. The molecule has 0 aliphatic heterocycles. The van der Waals surface area contributed by atoms with E-state index in [9.17, 15) is 0 Å². The van der Waals surface area contributed by atoms with Crippen LogP contribution in [-0.4, -0.2) is 24.6 Å². The van der Waals surface area contributed by atoms with Crippen molar-refractivity contribution in [2.45, 2.75) is 32.1 Å². The van der Waals surface area contributed by atoms with Crippen molar-refractivity contribution in [1.82, 2.24) is 24.6 Å². The third kappa shape index (κ3) is 2.00. The summed E-state index contributed by atoms with van der Waals surface area (Å²) < 4.78 is 1.89. The molecule has 3 heterocycles. The molecule has 1 fully saturated rings. The van der Waals surface area contributed by atoms with Gasteiger partial charge in [-0.3, -0.25) is 4.40 Å². The molecular weight excluding hydrogens is 214 g/mol. The molecule has 88 valence electrons. The number of hydrogen-bond acceptors (Lipinski definition) is 3. The van der Waals surface area contributed by atoms with Gasteiger partial charge in [0.15, 0.2) is 11.3 Å². The van der Waals surface area contributed by atoms with E-state index < -0.39 is 0 Å². The molecule has 0 aromatic carbocycles. The molecule has 0 radical (unpaired) electrons. The van der Waals surface area contributed by atoms with E-state index in [4.69, 9.17) is 0 Å². The summed E-state index contributed by atoms with van der Waals surface area (Å²) in [5, 5.41) is 7.68. The van der Waals surface area contributed by atoms with Gasteiger partial charge in [0.1, 0.15) is 6.33 Å². The molecule has 0 atom stereocenters. The standard InChI is InChI=1S/C7H5N5.C5H10/c1-2-8-7-5(1)12-4-10-11-6(12)3-9-7;1-2-4-5-3-1/h1-4,8H;1-5H2. The fourth-order valence-electron chi connectivity index (χ4n) is 2.17. The van der Waals surface area contributed by atoms with Gasteiger partial charge in [-0.05, 0) is 6.07 Å². The molecule has 5 nitrogen and oxygen atoms in total. The van der Waals surface area contributed by atoms with Crippen molar-refractivity contribution in [1.29, 1.82) is 0 Å².